The molecule has 1 aliphatic rings. The molecule has 0 amide bonds. The predicted molar refractivity (Wildman–Crippen MR) is 226 cm³/mol. The standard InChI is InChI=1S/C52H35N3/c1-5-15-35(16-6-1)36-27-29-37(30-28-36)41-31-42(45-24-14-26-47-46-25-13-23-44(48(46)34-49(45)47)38-17-7-2-8-18-38)33-43(32-41)52-54-50(39-19-9-3-10-20-39)53-51(55-52)40-21-11-4-12-22-40/h1-33H,34H2. The molecule has 0 spiro atoms. The minimum absolute atomic E-state index is 0.638. The van der Waals surface area contributed by atoms with Crippen molar-refractivity contribution in [3.8, 4) is 89.8 Å². The molecule has 258 valence electrons. The first-order valence-corrected chi connectivity index (χ1v) is 18.7. The third-order valence-corrected chi connectivity index (χ3v) is 10.6. The van der Waals surface area contributed by atoms with Crippen molar-refractivity contribution in [2.75, 3.05) is 0 Å². The van der Waals surface area contributed by atoms with Gasteiger partial charge in [-0.15, -0.1) is 0 Å². The van der Waals surface area contributed by atoms with Gasteiger partial charge < -0.3 is 0 Å². The molecule has 0 aliphatic heterocycles. The average Bonchev–Trinajstić information content (AvgIpc) is 3.67. The molecule has 3 nitrogen and oxygen atoms in total. The zero-order valence-corrected chi connectivity index (χ0v) is 30.1. The van der Waals surface area contributed by atoms with Crippen LogP contribution in [-0.4, -0.2) is 15.0 Å². The van der Waals surface area contributed by atoms with Crippen molar-refractivity contribution in [2.45, 2.75) is 6.42 Å². The lowest BCUT2D eigenvalue weighted by molar-refractivity contribution is 1.07. The highest BCUT2D eigenvalue weighted by Gasteiger charge is 2.25. The van der Waals surface area contributed by atoms with Crippen LogP contribution in [0.5, 0.6) is 0 Å². The molecule has 0 N–H and O–H groups in total. The van der Waals surface area contributed by atoms with Crippen LogP contribution in [0.25, 0.3) is 89.8 Å². The first-order valence-electron chi connectivity index (χ1n) is 18.7. The molecule has 3 heteroatoms. The fourth-order valence-electron chi connectivity index (χ4n) is 7.90. The first-order chi connectivity index (χ1) is 27.2. The Morgan fingerprint density at radius 2 is 0.582 bits per heavy atom. The Morgan fingerprint density at radius 1 is 0.236 bits per heavy atom. The van der Waals surface area contributed by atoms with Gasteiger partial charge in [0.15, 0.2) is 17.5 Å². The molecule has 10 rings (SSSR count). The van der Waals surface area contributed by atoms with Crippen LogP contribution in [0.4, 0.5) is 0 Å². The monoisotopic (exact) mass is 701 g/mol. The van der Waals surface area contributed by atoms with Crippen LogP contribution in [-0.2, 0) is 6.42 Å². The first kappa shape index (κ1) is 32.4. The van der Waals surface area contributed by atoms with E-state index in [1.807, 2.05) is 36.4 Å². The fraction of sp³-hybridized carbons (Fsp3) is 0.0192. The van der Waals surface area contributed by atoms with E-state index in [2.05, 4.69) is 164 Å². The molecular weight excluding hydrogens is 667 g/mol. The van der Waals surface area contributed by atoms with Gasteiger partial charge in [0.1, 0.15) is 0 Å². The molecule has 55 heavy (non-hydrogen) atoms. The molecule has 0 atom stereocenters. The molecule has 0 unspecified atom stereocenters. The molecule has 1 heterocycles. The number of benzene rings is 8. The summed E-state index contributed by atoms with van der Waals surface area (Å²) in [7, 11) is 0. The van der Waals surface area contributed by atoms with Crippen molar-refractivity contribution in [3.63, 3.8) is 0 Å². The molecule has 0 fully saturated rings. The Hall–Kier alpha value is -7.23. The zero-order chi connectivity index (χ0) is 36.6. The number of nitrogens with zero attached hydrogens (tertiary/aromatic N) is 3. The second-order valence-corrected chi connectivity index (χ2v) is 14.0. The number of hydrogen-bond acceptors (Lipinski definition) is 3. The van der Waals surface area contributed by atoms with Crippen LogP contribution in [0.3, 0.4) is 0 Å². The van der Waals surface area contributed by atoms with E-state index >= 15 is 0 Å². The number of rotatable bonds is 7. The minimum atomic E-state index is 0.638. The Balaban J connectivity index is 1.15. The van der Waals surface area contributed by atoms with E-state index in [9.17, 15) is 0 Å². The third kappa shape index (κ3) is 6.22. The van der Waals surface area contributed by atoms with Crippen molar-refractivity contribution in [3.05, 3.63) is 211 Å². The van der Waals surface area contributed by atoms with Crippen LogP contribution >= 0.6 is 0 Å². The lowest BCUT2D eigenvalue weighted by Gasteiger charge is -2.15. The molecule has 0 radical (unpaired) electrons. The maximum absolute atomic E-state index is 5.15. The van der Waals surface area contributed by atoms with Gasteiger partial charge in [0.25, 0.3) is 0 Å². The summed E-state index contributed by atoms with van der Waals surface area (Å²) in [6.07, 6.45) is 0.860. The Morgan fingerprint density at radius 3 is 1.09 bits per heavy atom. The van der Waals surface area contributed by atoms with Gasteiger partial charge in [0, 0.05) is 16.7 Å². The SMILES string of the molecule is c1ccc(-c2ccc(-c3cc(-c4nc(-c5ccccc5)nc(-c5ccccc5)n4)cc(-c4cccc5c4Cc4c(-c6ccccc6)cccc4-5)c3)cc2)cc1. The van der Waals surface area contributed by atoms with Crippen molar-refractivity contribution in [1.82, 2.24) is 15.0 Å². The summed E-state index contributed by atoms with van der Waals surface area (Å²) in [5.74, 6) is 1.93. The molecule has 0 saturated heterocycles. The van der Waals surface area contributed by atoms with Crippen molar-refractivity contribution in [1.29, 1.82) is 0 Å². The highest BCUT2D eigenvalue weighted by Crippen LogP contribution is 2.46. The van der Waals surface area contributed by atoms with Gasteiger partial charge in [-0.25, -0.2) is 15.0 Å². The lowest BCUT2D eigenvalue weighted by Crippen LogP contribution is -2.00. The summed E-state index contributed by atoms with van der Waals surface area (Å²) in [6.45, 7) is 0. The van der Waals surface area contributed by atoms with E-state index in [1.165, 1.54) is 50.1 Å². The van der Waals surface area contributed by atoms with Gasteiger partial charge in [0.05, 0.1) is 0 Å². The molecular formula is C52H35N3. The molecule has 0 bridgehead atoms. The summed E-state index contributed by atoms with van der Waals surface area (Å²) < 4.78 is 0. The summed E-state index contributed by atoms with van der Waals surface area (Å²) >= 11 is 0. The molecule has 0 saturated carbocycles. The molecule has 1 aromatic heterocycles. The van der Waals surface area contributed by atoms with Crippen LogP contribution in [0.1, 0.15) is 11.1 Å². The van der Waals surface area contributed by atoms with E-state index in [0.717, 1.165) is 39.8 Å². The van der Waals surface area contributed by atoms with Gasteiger partial charge in [-0.1, -0.05) is 182 Å². The molecule has 8 aromatic carbocycles. The van der Waals surface area contributed by atoms with Gasteiger partial charge in [-0.2, -0.15) is 0 Å². The molecule has 1 aliphatic carbocycles. The van der Waals surface area contributed by atoms with E-state index in [0.29, 0.717) is 17.5 Å². The Kier molecular flexibility index (Phi) is 8.23. The van der Waals surface area contributed by atoms with Gasteiger partial charge in [-0.3, -0.25) is 0 Å². The fourth-order valence-corrected chi connectivity index (χ4v) is 7.90. The summed E-state index contributed by atoms with van der Waals surface area (Å²) in [5, 5.41) is 0. The maximum atomic E-state index is 5.15. The third-order valence-electron chi connectivity index (χ3n) is 10.6. The van der Waals surface area contributed by atoms with Crippen LogP contribution in [0, 0.1) is 0 Å². The normalized spacial score (nSPS) is 11.6. The van der Waals surface area contributed by atoms with Crippen LogP contribution in [0.15, 0.2) is 200 Å². The van der Waals surface area contributed by atoms with E-state index < -0.39 is 0 Å². The van der Waals surface area contributed by atoms with Gasteiger partial charge in [-0.05, 0) is 91.4 Å². The van der Waals surface area contributed by atoms with Gasteiger partial charge in [0.2, 0.25) is 0 Å². The van der Waals surface area contributed by atoms with E-state index in [1.54, 1.807) is 0 Å². The minimum Gasteiger partial charge on any atom is -0.208 e. The van der Waals surface area contributed by atoms with Gasteiger partial charge >= 0.3 is 0 Å². The number of fused-ring (bicyclic) bond motifs is 3. The maximum Gasteiger partial charge on any atom is 0.164 e. The number of hydrogen-bond donors (Lipinski definition) is 0. The Labute approximate surface area is 321 Å². The second kappa shape index (κ2) is 14.0. The summed E-state index contributed by atoms with van der Waals surface area (Å²) in [5.41, 5.74) is 17.7. The number of aromatic nitrogens is 3. The van der Waals surface area contributed by atoms with Crippen molar-refractivity contribution in [2.24, 2.45) is 0 Å². The quantitative estimate of drug-likeness (QED) is 0.166. The second-order valence-electron chi connectivity index (χ2n) is 14.0. The predicted octanol–water partition coefficient (Wildman–Crippen LogP) is 13.1. The average molecular weight is 702 g/mol. The van der Waals surface area contributed by atoms with E-state index in [-0.39, 0.29) is 0 Å². The molecule has 9 aromatic rings. The summed E-state index contributed by atoms with van der Waals surface area (Å²) in [6, 6.07) is 70.8. The largest absolute Gasteiger partial charge is 0.208 e. The van der Waals surface area contributed by atoms with Crippen molar-refractivity contribution < 1.29 is 0 Å². The summed E-state index contributed by atoms with van der Waals surface area (Å²) in [4.78, 5) is 15.3. The smallest absolute Gasteiger partial charge is 0.164 e. The topological polar surface area (TPSA) is 38.7 Å². The van der Waals surface area contributed by atoms with E-state index in [4.69, 9.17) is 15.0 Å². The van der Waals surface area contributed by atoms with Crippen LogP contribution < -0.4 is 0 Å². The highest BCUT2D eigenvalue weighted by molar-refractivity contribution is 5.91. The lowest BCUT2D eigenvalue weighted by atomic mass is 9.91. The van der Waals surface area contributed by atoms with Crippen molar-refractivity contribution >= 4 is 0 Å². The van der Waals surface area contributed by atoms with Crippen LogP contribution in [0.2, 0.25) is 0 Å². The highest BCUT2D eigenvalue weighted by atomic mass is 15.0. The zero-order valence-electron chi connectivity index (χ0n) is 30.1. The Bertz CT molecular complexity index is 2740.